The maximum Gasteiger partial charge on any atom is 0.0441 e. The summed E-state index contributed by atoms with van der Waals surface area (Å²) in [5.74, 6) is 0. The van der Waals surface area contributed by atoms with E-state index in [4.69, 9.17) is 5.73 Å². The molecular weight excluding hydrogens is 172 g/mol. The minimum atomic E-state index is 0.217. The molecule has 1 aliphatic rings. The molecule has 1 heterocycles. The van der Waals surface area contributed by atoms with Gasteiger partial charge >= 0.3 is 0 Å². The fraction of sp³-hybridized carbons (Fsp3) is 0.500. The van der Waals surface area contributed by atoms with Crippen molar-refractivity contribution in [3.05, 3.63) is 29.3 Å². The summed E-state index contributed by atoms with van der Waals surface area (Å²) in [6.45, 7) is 3.28. The molecule has 1 atom stereocenters. The zero-order valence-electron chi connectivity index (χ0n) is 8.96. The third kappa shape index (κ3) is 1.50. The molecule has 0 saturated carbocycles. The Balaban J connectivity index is 2.54. The Kier molecular flexibility index (Phi) is 2.46. The van der Waals surface area contributed by atoms with Crippen molar-refractivity contribution in [2.24, 2.45) is 5.73 Å². The quantitative estimate of drug-likeness (QED) is 0.679. The molecule has 76 valence electrons. The van der Waals surface area contributed by atoms with Gasteiger partial charge in [0.05, 0.1) is 0 Å². The van der Waals surface area contributed by atoms with Crippen LogP contribution >= 0.6 is 0 Å². The Bertz CT molecular complexity index is 333. The van der Waals surface area contributed by atoms with Gasteiger partial charge < -0.3 is 10.6 Å². The van der Waals surface area contributed by atoms with Crippen molar-refractivity contribution in [3.63, 3.8) is 0 Å². The van der Waals surface area contributed by atoms with Crippen LogP contribution in [-0.4, -0.2) is 13.6 Å². The Morgan fingerprint density at radius 1 is 1.43 bits per heavy atom. The molecule has 2 nitrogen and oxygen atoms in total. The van der Waals surface area contributed by atoms with Crippen LogP contribution in [-0.2, 0) is 0 Å². The van der Waals surface area contributed by atoms with Gasteiger partial charge in [-0.15, -0.1) is 0 Å². The third-order valence-corrected chi connectivity index (χ3v) is 3.06. The average molecular weight is 190 g/mol. The minimum absolute atomic E-state index is 0.217. The molecule has 2 rings (SSSR count). The van der Waals surface area contributed by atoms with Crippen molar-refractivity contribution in [1.29, 1.82) is 0 Å². The van der Waals surface area contributed by atoms with Crippen molar-refractivity contribution < 1.29 is 0 Å². The highest BCUT2D eigenvalue weighted by molar-refractivity contribution is 5.60. The topological polar surface area (TPSA) is 29.3 Å². The molecule has 0 spiro atoms. The molecule has 0 radical (unpaired) electrons. The first-order valence-corrected chi connectivity index (χ1v) is 5.26. The van der Waals surface area contributed by atoms with E-state index in [9.17, 15) is 0 Å². The number of fused-ring (bicyclic) bond motifs is 1. The largest absolute Gasteiger partial charge is 0.374 e. The van der Waals surface area contributed by atoms with Gasteiger partial charge in [0.1, 0.15) is 0 Å². The predicted octanol–water partition coefficient (Wildman–Crippen LogP) is 2.22. The third-order valence-electron chi connectivity index (χ3n) is 3.06. The highest BCUT2D eigenvalue weighted by Crippen LogP contribution is 2.32. The van der Waals surface area contributed by atoms with Crippen molar-refractivity contribution >= 4 is 5.69 Å². The molecule has 2 N–H and O–H groups in total. The van der Waals surface area contributed by atoms with E-state index in [-0.39, 0.29) is 6.04 Å². The Morgan fingerprint density at radius 2 is 2.21 bits per heavy atom. The monoisotopic (exact) mass is 190 g/mol. The van der Waals surface area contributed by atoms with E-state index in [2.05, 4.69) is 37.1 Å². The molecule has 2 heteroatoms. The van der Waals surface area contributed by atoms with Crippen molar-refractivity contribution in [1.82, 2.24) is 0 Å². The molecule has 0 amide bonds. The summed E-state index contributed by atoms with van der Waals surface area (Å²) in [7, 11) is 2.16. The van der Waals surface area contributed by atoms with Crippen LogP contribution < -0.4 is 10.6 Å². The van der Waals surface area contributed by atoms with Gasteiger partial charge in [-0.2, -0.15) is 0 Å². The molecule has 0 aliphatic carbocycles. The zero-order valence-corrected chi connectivity index (χ0v) is 8.96. The highest BCUT2D eigenvalue weighted by Gasteiger charge is 2.19. The van der Waals surface area contributed by atoms with Gasteiger partial charge in [-0.05, 0) is 30.9 Å². The van der Waals surface area contributed by atoms with Crippen LogP contribution in [0, 0.1) is 6.92 Å². The van der Waals surface area contributed by atoms with E-state index in [0.717, 1.165) is 13.0 Å². The zero-order chi connectivity index (χ0) is 10.1. The summed E-state index contributed by atoms with van der Waals surface area (Å²) < 4.78 is 0. The van der Waals surface area contributed by atoms with E-state index in [1.165, 1.54) is 23.2 Å². The van der Waals surface area contributed by atoms with Crippen LogP contribution in [0.3, 0.4) is 0 Å². The Morgan fingerprint density at radius 3 is 3.00 bits per heavy atom. The molecule has 1 aromatic carbocycles. The number of rotatable bonds is 0. The van der Waals surface area contributed by atoms with Crippen LogP contribution in [0.2, 0.25) is 0 Å². The molecule has 14 heavy (non-hydrogen) atoms. The fourth-order valence-corrected chi connectivity index (χ4v) is 2.32. The summed E-state index contributed by atoms with van der Waals surface area (Å²) in [5.41, 5.74) is 10.1. The van der Waals surface area contributed by atoms with Crippen LogP contribution in [0.1, 0.15) is 30.0 Å². The SMILES string of the molecule is Cc1cccc2c1N(C)CCCC2N. The lowest BCUT2D eigenvalue weighted by molar-refractivity contribution is 0.633. The summed E-state index contributed by atoms with van der Waals surface area (Å²) in [6, 6.07) is 6.64. The number of hydrogen-bond donors (Lipinski definition) is 1. The predicted molar refractivity (Wildman–Crippen MR) is 60.6 cm³/mol. The van der Waals surface area contributed by atoms with Gasteiger partial charge in [-0.3, -0.25) is 0 Å². The van der Waals surface area contributed by atoms with Crippen molar-refractivity contribution in [3.8, 4) is 0 Å². The van der Waals surface area contributed by atoms with E-state index in [0.29, 0.717) is 0 Å². The van der Waals surface area contributed by atoms with Crippen molar-refractivity contribution in [2.75, 3.05) is 18.5 Å². The second kappa shape index (κ2) is 3.62. The molecule has 0 saturated heterocycles. The lowest BCUT2D eigenvalue weighted by Crippen LogP contribution is -2.19. The first kappa shape index (κ1) is 9.53. The normalized spacial score (nSPS) is 21.6. The number of para-hydroxylation sites is 1. The van der Waals surface area contributed by atoms with Gasteiger partial charge in [0.2, 0.25) is 0 Å². The lowest BCUT2D eigenvalue weighted by Gasteiger charge is -2.22. The minimum Gasteiger partial charge on any atom is -0.374 e. The highest BCUT2D eigenvalue weighted by atomic mass is 15.1. The molecular formula is C12H18N2. The van der Waals surface area contributed by atoms with Crippen LogP contribution in [0.5, 0.6) is 0 Å². The van der Waals surface area contributed by atoms with E-state index < -0.39 is 0 Å². The van der Waals surface area contributed by atoms with Gasteiger partial charge in [0.25, 0.3) is 0 Å². The van der Waals surface area contributed by atoms with Gasteiger partial charge in [-0.1, -0.05) is 18.2 Å². The maximum atomic E-state index is 6.15. The number of nitrogens with two attached hydrogens (primary N) is 1. The number of aryl methyl sites for hydroxylation is 1. The summed E-state index contributed by atoms with van der Waals surface area (Å²) >= 11 is 0. The van der Waals surface area contributed by atoms with E-state index in [1.54, 1.807) is 0 Å². The molecule has 1 aliphatic heterocycles. The van der Waals surface area contributed by atoms with Gasteiger partial charge in [-0.25, -0.2) is 0 Å². The first-order chi connectivity index (χ1) is 6.70. The van der Waals surface area contributed by atoms with Crippen LogP contribution in [0.15, 0.2) is 18.2 Å². The second-order valence-corrected chi connectivity index (χ2v) is 4.18. The Hall–Kier alpha value is -1.02. The summed E-state index contributed by atoms with van der Waals surface area (Å²) in [5, 5.41) is 0. The first-order valence-electron chi connectivity index (χ1n) is 5.26. The molecule has 0 fully saturated rings. The fourth-order valence-electron chi connectivity index (χ4n) is 2.32. The summed E-state index contributed by atoms with van der Waals surface area (Å²) in [4.78, 5) is 2.33. The second-order valence-electron chi connectivity index (χ2n) is 4.18. The number of nitrogens with zero attached hydrogens (tertiary/aromatic N) is 1. The molecule has 1 unspecified atom stereocenters. The van der Waals surface area contributed by atoms with E-state index >= 15 is 0 Å². The number of anilines is 1. The Labute approximate surface area is 85.7 Å². The maximum absolute atomic E-state index is 6.15. The lowest BCUT2D eigenvalue weighted by atomic mass is 10.00. The van der Waals surface area contributed by atoms with Gasteiger partial charge in [0.15, 0.2) is 0 Å². The molecule has 0 aromatic heterocycles. The van der Waals surface area contributed by atoms with Crippen LogP contribution in [0.4, 0.5) is 5.69 Å². The van der Waals surface area contributed by atoms with Crippen molar-refractivity contribution in [2.45, 2.75) is 25.8 Å². The molecule has 0 bridgehead atoms. The molecule has 1 aromatic rings. The summed E-state index contributed by atoms with van der Waals surface area (Å²) in [6.07, 6.45) is 2.28. The number of hydrogen-bond acceptors (Lipinski definition) is 2. The number of benzene rings is 1. The standard InChI is InChI=1S/C12H18N2/c1-9-5-3-6-10-11(13)7-4-8-14(2)12(9)10/h3,5-6,11H,4,7-8,13H2,1-2H3. The smallest absolute Gasteiger partial charge is 0.0441 e. The van der Waals surface area contributed by atoms with E-state index in [1.807, 2.05) is 0 Å². The van der Waals surface area contributed by atoms with Crippen LogP contribution in [0.25, 0.3) is 0 Å². The average Bonchev–Trinajstić information content (AvgIpc) is 2.29. The van der Waals surface area contributed by atoms with Gasteiger partial charge in [0, 0.05) is 25.3 Å².